The molecule has 3 aromatic rings. The van der Waals surface area contributed by atoms with Crippen LogP contribution in [-0.4, -0.2) is 40.4 Å². The van der Waals surface area contributed by atoms with Crippen molar-refractivity contribution in [3.63, 3.8) is 0 Å². The summed E-state index contributed by atoms with van der Waals surface area (Å²) in [4.78, 5) is 8.06. The first-order valence-corrected chi connectivity index (χ1v) is 10.5. The minimum absolute atomic E-state index is 0.360. The van der Waals surface area contributed by atoms with Crippen LogP contribution in [0.1, 0.15) is 23.2 Å². The van der Waals surface area contributed by atoms with Crippen molar-refractivity contribution in [2.24, 2.45) is 4.99 Å². The Morgan fingerprint density at radius 2 is 1.97 bits per heavy atom. The third-order valence-electron chi connectivity index (χ3n) is 4.19. The van der Waals surface area contributed by atoms with Gasteiger partial charge in [-0.25, -0.2) is 9.67 Å². The maximum atomic E-state index is 12.6. The molecule has 0 amide bonds. The summed E-state index contributed by atoms with van der Waals surface area (Å²) in [7, 11) is 0. The first-order chi connectivity index (χ1) is 14.5. The van der Waals surface area contributed by atoms with Gasteiger partial charge >= 0.3 is 6.18 Å². The molecule has 6 nitrogen and oxygen atoms in total. The number of halogens is 3. The highest BCUT2D eigenvalue weighted by atomic mass is 32.1. The first-order valence-electron chi connectivity index (χ1n) is 9.58. The molecule has 1 aromatic carbocycles. The van der Waals surface area contributed by atoms with E-state index >= 15 is 0 Å². The third-order valence-corrected chi connectivity index (χ3v) is 5.10. The van der Waals surface area contributed by atoms with Gasteiger partial charge < -0.3 is 10.6 Å². The van der Waals surface area contributed by atoms with Crippen molar-refractivity contribution < 1.29 is 13.2 Å². The number of hydrogen-bond donors (Lipinski definition) is 2. The Hall–Kier alpha value is -2.88. The van der Waals surface area contributed by atoms with Crippen LogP contribution in [0.2, 0.25) is 0 Å². The second-order valence-corrected chi connectivity index (χ2v) is 7.37. The van der Waals surface area contributed by atoms with Crippen LogP contribution in [0.25, 0.3) is 5.69 Å². The highest BCUT2D eigenvalue weighted by molar-refractivity contribution is 7.09. The van der Waals surface area contributed by atoms with Gasteiger partial charge in [-0.15, -0.1) is 11.3 Å². The summed E-state index contributed by atoms with van der Waals surface area (Å²) in [5.41, 5.74) is 1.34. The van der Waals surface area contributed by atoms with E-state index in [1.54, 1.807) is 10.9 Å². The second-order valence-electron chi connectivity index (χ2n) is 6.43. The van der Waals surface area contributed by atoms with Crippen LogP contribution >= 0.6 is 11.3 Å². The molecule has 3 rings (SSSR count). The van der Waals surface area contributed by atoms with Gasteiger partial charge in [0.05, 0.1) is 10.7 Å². The van der Waals surface area contributed by atoms with Gasteiger partial charge in [-0.05, 0) is 37.1 Å². The maximum absolute atomic E-state index is 12.6. The van der Waals surface area contributed by atoms with Gasteiger partial charge in [-0.1, -0.05) is 12.1 Å². The van der Waals surface area contributed by atoms with Gasteiger partial charge in [0, 0.05) is 43.8 Å². The quantitative estimate of drug-likeness (QED) is 0.418. The van der Waals surface area contributed by atoms with Crippen molar-refractivity contribution in [2.75, 3.05) is 19.6 Å². The van der Waals surface area contributed by atoms with E-state index in [0.717, 1.165) is 28.8 Å². The predicted octanol–water partition coefficient (Wildman–Crippen LogP) is 3.69. The van der Waals surface area contributed by atoms with Gasteiger partial charge in [0.15, 0.2) is 11.7 Å². The molecule has 0 unspecified atom stereocenters. The van der Waals surface area contributed by atoms with Gasteiger partial charge in [0.25, 0.3) is 0 Å². The minimum atomic E-state index is -4.40. The molecule has 0 aliphatic heterocycles. The van der Waals surface area contributed by atoms with Crippen LogP contribution in [0.3, 0.4) is 0 Å². The Labute approximate surface area is 176 Å². The predicted molar refractivity (Wildman–Crippen MR) is 112 cm³/mol. The number of hydrogen-bond acceptors (Lipinski definition) is 4. The molecule has 0 fully saturated rings. The van der Waals surface area contributed by atoms with Crippen LogP contribution in [-0.2, 0) is 19.0 Å². The highest BCUT2D eigenvalue weighted by Crippen LogP contribution is 2.30. The van der Waals surface area contributed by atoms with E-state index in [-0.39, 0.29) is 0 Å². The van der Waals surface area contributed by atoms with E-state index in [9.17, 15) is 13.2 Å². The summed E-state index contributed by atoms with van der Waals surface area (Å²) in [6.45, 7) is 3.70. The summed E-state index contributed by atoms with van der Waals surface area (Å²) >= 11 is 1.01. The van der Waals surface area contributed by atoms with Crippen molar-refractivity contribution in [1.82, 2.24) is 25.4 Å². The molecule has 0 atom stereocenters. The molecule has 160 valence electrons. The molecule has 30 heavy (non-hydrogen) atoms. The topological polar surface area (TPSA) is 67.1 Å². The summed E-state index contributed by atoms with van der Waals surface area (Å²) in [5, 5.41) is 12.1. The minimum Gasteiger partial charge on any atom is -0.357 e. The number of nitrogens with zero attached hydrogens (tertiary/aromatic N) is 4. The van der Waals surface area contributed by atoms with E-state index < -0.39 is 11.9 Å². The Morgan fingerprint density at radius 1 is 1.17 bits per heavy atom. The molecular formula is C20H23F3N6S. The summed E-state index contributed by atoms with van der Waals surface area (Å²) in [5.74, 6) is 0.637. The fourth-order valence-electron chi connectivity index (χ4n) is 2.72. The smallest absolute Gasteiger partial charge is 0.357 e. The van der Waals surface area contributed by atoms with Crippen LogP contribution in [0.15, 0.2) is 53.1 Å². The van der Waals surface area contributed by atoms with Gasteiger partial charge in [0.1, 0.15) is 0 Å². The molecule has 0 aliphatic rings. The number of aliphatic imine (C=N–C) groups is 1. The molecular weight excluding hydrogens is 413 g/mol. The van der Waals surface area contributed by atoms with E-state index in [4.69, 9.17) is 0 Å². The monoisotopic (exact) mass is 436 g/mol. The third kappa shape index (κ3) is 6.31. The van der Waals surface area contributed by atoms with Crippen molar-refractivity contribution in [2.45, 2.75) is 25.9 Å². The van der Waals surface area contributed by atoms with Gasteiger partial charge in [-0.3, -0.25) is 4.99 Å². The van der Waals surface area contributed by atoms with E-state index in [1.807, 2.05) is 31.3 Å². The number of thiazole rings is 1. The molecule has 2 N–H and O–H groups in total. The number of rotatable bonds is 8. The Morgan fingerprint density at radius 3 is 2.60 bits per heavy atom. The average Bonchev–Trinajstić information content (AvgIpc) is 3.40. The lowest BCUT2D eigenvalue weighted by Crippen LogP contribution is -2.38. The number of guanidine groups is 1. The first kappa shape index (κ1) is 21.8. The van der Waals surface area contributed by atoms with Crippen LogP contribution in [0.5, 0.6) is 0 Å². The number of alkyl halides is 3. The fraction of sp³-hybridized carbons (Fsp3) is 0.350. The molecule has 0 saturated carbocycles. The Balaban J connectivity index is 1.47. The molecule has 0 saturated heterocycles. The lowest BCUT2D eigenvalue weighted by atomic mass is 10.1. The largest absolute Gasteiger partial charge is 0.434 e. The number of aromatic nitrogens is 3. The molecule has 10 heteroatoms. The van der Waals surface area contributed by atoms with E-state index in [1.165, 1.54) is 5.56 Å². The molecule has 0 aliphatic carbocycles. The molecule has 2 aromatic heterocycles. The SMILES string of the molecule is CCNC(=NCCc1nc(C(F)(F)F)cs1)NCCc1ccc(-n2cccn2)cc1. The Kier molecular flexibility index (Phi) is 7.45. The van der Waals surface area contributed by atoms with Crippen LogP contribution < -0.4 is 10.6 Å². The zero-order chi connectivity index (χ0) is 21.4. The van der Waals surface area contributed by atoms with Crippen molar-refractivity contribution in [1.29, 1.82) is 0 Å². The lowest BCUT2D eigenvalue weighted by molar-refractivity contribution is -0.140. The summed E-state index contributed by atoms with van der Waals surface area (Å²) in [6.07, 6.45) is 0.414. The average molecular weight is 437 g/mol. The Bertz CT molecular complexity index is 932. The van der Waals surface area contributed by atoms with Crippen molar-refractivity contribution in [3.8, 4) is 5.69 Å². The lowest BCUT2D eigenvalue weighted by Gasteiger charge is -2.11. The standard InChI is InChI=1S/C20H23F3N6S/c1-2-24-19(26-12-9-18-28-17(14-30-18)20(21,22)23)25-11-8-15-4-6-16(7-5-15)29-13-3-10-27-29/h3-7,10,13-14H,2,8-9,11-12H2,1H3,(H2,24,25,26). The van der Waals surface area contributed by atoms with Gasteiger partial charge in [0.2, 0.25) is 0 Å². The van der Waals surface area contributed by atoms with Crippen molar-refractivity contribution >= 4 is 17.3 Å². The van der Waals surface area contributed by atoms with E-state index in [0.29, 0.717) is 37.0 Å². The molecule has 0 spiro atoms. The second kappa shape index (κ2) is 10.2. The number of benzene rings is 1. The summed E-state index contributed by atoms with van der Waals surface area (Å²) < 4.78 is 39.7. The van der Waals surface area contributed by atoms with E-state index in [2.05, 4.69) is 37.8 Å². The fourth-order valence-corrected chi connectivity index (χ4v) is 3.52. The van der Waals surface area contributed by atoms with Crippen molar-refractivity contribution in [3.05, 3.63) is 64.4 Å². The highest BCUT2D eigenvalue weighted by Gasteiger charge is 2.33. The number of nitrogens with one attached hydrogen (secondary N) is 2. The zero-order valence-electron chi connectivity index (χ0n) is 16.5. The molecule has 0 bridgehead atoms. The zero-order valence-corrected chi connectivity index (χ0v) is 17.3. The van der Waals surface area contributed by atoms with Gasteiger partial charge in [-0.2, -0.15) is 18.3 Å². The van der Waals surface area contributed by atoms with Crippen LogP contribution in [0.4, 0.5) is 13.2 Å². The molecule has 0 radical (unpaired) electrons. The summed E-state index contributed by atoms with van der Waals surface area (Å²) in [6, 6.07) is 10.0. The normalized spacial score (nSPS) is 12.2. The molecule has 2 heterocycles. The maximum Gasteiger partial charge on any atom is 0.434 e. The van der Waals surface area contributed by atoms with Crippen LogP contribution in [0, 0.1) is 0 Å².